The van der Waals surface area contributed by atoms with Gasteiger partial charge in [0.1, 0.15) is 0 Å². The van der Waals surface area contributed by atoms with Gasteiger partial charge in [-0.05, 0) is 29.5 Å². The molecule has 0 atom stereocenters. The van der Waals surface area contributed by atoms with Gasteiger partial charge in [0.05, 0.1) is 0 Å². The van der Waals surface area contributed by atoms with E-state index in [0.717, 1.165) is 13.0 Å². The Morgan fingerprint density at radius 1 is 1.32 bits per heavy atom. The first-order valence-corrected chi connectivity index (χ1v) is 6.53. The Bertz CT molecular complexity index is 537. The van der Waals surface area contributed by atoms with E-state index >= 15 is 0 Å². The summed E-state index contributed by atoms with van der Waals surface area (Å²) in [7, 11) is 0. The number of aromatic nitrogens is 5. The lowest BCUT2D eigenvalue weighted by Gasteiger charge is -2.22. The highest BCUT2D eigenvalue weighted by atomic mass is 35.5. The Morgan fingerprint density at radius 2 is 2.11 bits per heavy atom. The molecule has 0 bridgehead atoms. The van der Waals surface area contributed by atoms with Crippen LogP contribution in [0.25, 0.3) is 5.95 Å². The van der Waals surface area contributed by atoms with E-state index in [2.05, 4.69) is 46.1 Å². The monoisotopic (exact) mass is 280 g/mol. The SMILES string of the molecule is CCC(C)(C)CNc1nc(Cl)nc(-n2cccn2)n1. The van der Waals surface area contributed by atoms with Crippen LogP contribution in [-0.4, -0.2) is 31.3 Å². The molecule has 0 fully saturated rings. The van der Waals surface area contributed by atoms with Crippen LogP contribution in [0.2, 0.25) is 5.28 Å². The second kappa shape index (κ2) is 5.52. The smallest absolute Gasteiger partial charge is 0.256 e. The number of halogens is 1. The fourth-order valence-corrected chi connectivity index (χ4v) is 1.51. The molecule has 102 valence electrons. The quantitative estimate of drug-likeness (QED) is 0.911. The summed E-state index contributed by atoms with van der Waals surface area (Å²) < 4.78 is 1.55. The van der Waals surface area contributed by atoms with Gasteiger partial charge in [0.2, 0.25) is 11.2 Å². The zero-order valence-corrected chi connectivity index (χ0v) is 12.0. The van der Waals surface area contributed by atoms with Crippen LogP contribution >= 0.6 is 11.6 Å². The van der Waals surface area contributed by atoms with Gasteiger partial charge in [-0.3, -0.25) is 0 Å². The zero-order valence-electron chi connectivity index (χ0n) is 11.3. The van der Waals surface area contributed by atoms with Crippen LogP contribution in [0.15, 0.2) is 18.5 Å². The van der Waals surface area contributed by atoms with Crippen LogP contribution in [0.5, 0.6) is 0 Å². The molecule has 0 aromatic carbocycles. The van der Waals surface area contributed by atoms with Crippen LogP contribution in [0, 0.1) is 5.41 Å². The van der Waals surface area contributed by atoms with Crippen molar-refractivity contribution in [2.45, 2.75) is 27.2 Å². The molecule has 0 unspecified atom stereocenters. The Kier molecular flexibility index (Phi) is 3.99. The van der Waals surface area contributed by atoms with Crippen molar-refractivity contribution in [1.29, 1.82) is 0 Å². The summed E-state index contributed by atoms with van der Waals surface area (Å²) in [6.45, 7) is 7.27. The molecule has 6 nitrogen and oxygen atoms in total. The molecule has 0 radical (unpaired) electrons. The van der Waals surface area contributed by atoms with Crippen molar-refractivity contribution >= 4 is 17.5 Å². The Morgan fingerprint density at radius 3 is 2.74 bits per heavy atom. The van der Waals surface area contributed by atoms with Gasteiger partial charge in [-0.2, -0.15) is 20.1 Å². The number of rotatable bonds is 5. The third kappa shape index (κ3) is 3.64. The second-order valence-electron chi connectivity index (χ2n) is 5.05. The molecule has 2 aromatic heterocycles. The summed E-state index contributed by atoms with van der Waals surface area (Å²) in [5.74, 6) is 0.869. The van der Waals surface area contributed by atoms with Gasteiger partial charge < -0.3 is 5.32 Å². The molecule has 2 aromatic rings. The maximum Gasteiger partial charge on any atom is 0.256 e. The Balaban J connectivity index is 2.18. The van der Waals surface area contributed by atoms with Gasteiger partial charge in [-0.25, -0.2) is 4.68 Å². The van der Waals surface area contributed by atoms with Gasteiger partial charge in [0.15, 0.2) is 0 Å². The summed E-state index contributed by atoms with van der Waals surface area (Å²) in [6, 6.07) is 1.80. The lowest BCUT2D eigenvalue weighted by atomic mass is 9.90. The average Bonchev–Trinajstić information content (AvgIpc) is 2.90. The van der Waals surface area contributed by atoms with Crippen molar-refractivity contribution in [1.82, 2.24) is 24.7 Å². The average molecular weight is 281 g/mol. The molecule has 19 heavy (non-hydrogen) atoms. The normalized spacial score (nSPS) is 11.6. The zero-order chi connectivity index (χ0) is 13.9. The lowest BCUT2D eigenvalue weighted by molar-refractivity contribution is 0.376. The fourth-order valence-electron chi connectivity index (χ4n) is 1.35. The Hall–Kier alpha value is -1.69. The third-order valence-corrected chi connectivity index (χ3v) is 3.16. The summed E-state index contributed by atoms with van der Waals surface area (Å²) in [6.07, 6.45) is 4.47. The predicted molar refractivity (Wildman–Crippen MR) is 74.5 cm³/mol. The van der Waals surface area contributed by atoms with Crippen molar-refractivity contribution < 1.29 is 0 Å². The van der Waals surface area contributed by atoms with E-state index < -0.39 is 0 Å². The number of hydrogen-bond donors (Lipinski definition) is 1. The van der Waals surface area contributed by atoms with E-state index in [4.69, 9.17) is 11.6 Å². The largest absolute Gasteiger partial charge is 0.354 e. The Labute approximate surface area is 117 Å². The fraction of sp³-hybridized carbons (Fsp3) is 0.500. The molecule has 0 aliphatic rings. The molecule has 0 amide bonds. The van der Waals surface area contributed by atoms with E-state index in [1.807, 2.05) is 0 Å². The van der Waals surface area contributed by atoms with Crippen molar-refractivity contribution in [2.75, 3.05) is 11.9 Å². The van der Waals surface area contributed by atoms with Gasteiger partial charge in [-0.15, -0.1) is 0 Å². The lowest BCUT2D eigenvalue weighted by Crippen LogP contribution is -2.23. The van der Waals surface area contributed by atoms with Gasteiger partial charge in [0, 0.05) is 18.9 Å². The standard InChI is InChI=1S/C12H17ClN6/c1-4-12(2,3)8-14-10-16-9(13)17-11(18-10)19-7-5-6-15-19/h5-7H,4,8H2,1-3H3,(H,14,16,17,18). The van der Waals surface area contributed by atoms with E-state index in [-0.39, 0.29) is 10.7 Å². The molecule has 1 N–H and O–H groups in total. The summed E-state index contributed by atoms with van der Waals surface area (Å²) in [5, 5.41) is 7.41. The number of nitrogens with one attached hydrogen (secondary N) is 1. The topological polar surface area (TPSA) is 68.5 Å². The van der Waals surface area contributed by atoms with Gasteiger partial charge >= 0.3 is 0 Å². The molecule has 0 spiro atoms. The summed E-state index contributed by atoms with van der Waals surface area (Å²) in [5.41, 5.74) is 0.172. The van der Waals surface area contributed by atoms with Crippen LogP contribution in [0.3, 0.4) is 0 Å². The maximum absolute atomic E-state index is 5.91. The minimum atomic E-state index is 0.150. The van der Waals surface area contributed by atoms with Crippen LogP contribution < -0.4 is 5.32 Å². The second-order valence-corrected chi connectivity index (χ2v) is 5.39. The predicted octanol–water partition coefficient (Wildman–Crippen LogP) is 2.56. The summed E-state index contributed by atoms with van der Waals surface area (Å²) in [4.78, 5) is 12.4. The minimum absolute atomic E-state index is 0.150. The molecule has 2 heterocycles. The van der Waals surface area contributed by atoms with Gasteiger partial charge in [0.25, 0.3) is 5.95 Å². The maximum atomic E-state index is 5.91. The van der Waals surface area contributed by atoms with Crippen molar-refractivity contribution in [3.63, 3.8) is 0 Å². The third-order valence-electron chi connectivity index (χ3n) is 2.99. The van der Waals surface area contributed by atoms with Crippen molar-refractivity contribution in [2.24, 2.45) is 5.41 Å². The molecule has 2 rings (SSSR count). The summed E-state index contributed by atoms with van der Waals surface area (Å²) >= 11 is 5.91. The van der Waals surface area contributed by atoms with Crippen molar-refractivity contribution in [3.8, 4) is 5.95 Å². The number of nitrogens with zero attached hydrogens (tertiary/aromatic N) is 5. The van der Waals surface area contributed by atoms with E-state index in [1.165, 1.54) is 0 Å². The highest BCUT2D eigenvalue weighted by molar-refractivity contribution is 6.28. The molecule has 7 heteroatoms. The number of hydrogen-bond acceptors (Lipinski definition) is 5. The van der Waals surface area contributed by atoms with E-state index in [1.54, 1.807) is 23.1 Å². The molecule has 0 aliphatic heterocycles. The highest BCUT2D eigenvalue weighted by Crippen LogP contribution is 2.20. The van der Waals surface area contributed by atoms with E-state index in [0.29, 0.717) is 11.9 Å². The van der Waals surface area contributed by atoms with Crippen molar-refractivity contribution in [3.05, 3.63) is 23.7 Å². The minimum Gasteiger partial charge on any atom is -0.354 e. The molecular weight excluding hydrogens is 264 g/mol. The van der Waals surface area contributed by atoms with Crippen LogP contribution in [0.1, 0.15) is 27.2 Å². The molecule has 0 saturated heterocycles. The van der Waals surface area contributed by atoms with Crippen LogP contribution in [-0.2, 0) is 0 Å². The first-order chi connectivity index (χ1) is 9.00. The molecule has 0 aliphatic carbocycles. The van der Waals surface area contributed by atoms with Crippen LogP contribution in [0.4, 0.5) is 5.95 Å². The van der Waals surface area contributed by atoms with E-state index in [9.17, 15) is 0 Å². The molecule has 0 saturated carbocycles. The number of anilines is 1. The first-order valence-electron chi connectivity index (χ1n) is 6.16. The first kappa shape index (κ1) is 13.7. The van der Waals surface area contributed by atoms with Gasteiger partial charge in [-0.1, -0.05) is 20.8 Å². The highest BCUT2D eigenvalue weighted by Gasteiger charge is 2.16. The molecular formula is C12H17ClN6.